The first-order valence-corrected chi connectivity index (χ1v) is 11.5. The lowest BCUT2D eigenvalue weighted by Gasteiger charge is -2.38. The molecule has 0 saturated carbocycles. The van der Waals surface area contributed by atoms with Crippen molar-refractivity contribution in [3.63, 3.8) is 0 Å². The summed E-state index contributed by atoms with van der Waals surface area (Å²) in [6, 6.07) is 16.6. The van der Waals surface area contributed by atoms with Crippen molar-refractivity contribution in [1.29, 1.82) is 0 Å². The molecule has 37 heavy (non-hydrogen) atoms. The molecule has 11 heteroatoms. The van der Waals surface area contributed by atoms with Crippen LogP contribution in [-0.2, 0) is 6.73 Å². The van der Waals surface area contributed by atoms with Crippen molar-refractivity contribution in [1.82, 2.24) is 29.6 Å². The molecule has 3 N–H and O–H groups in total. The molecule has 3 aromatic heterocycles. The Balaban J connectivity index is 1.26. The van der Waals surface area contributed by atoms with Gasteiger partial charge in [0, 0.05) is 34.6 Å². The van der Waals surface area contributed by atoms with Gasteiger partial charge in [-0.2, -0.15) is 5.10 Å². The van der Waals surface area contributed by atoms with Crippen molar-refractivity contribution in [2.24, 2.45) is 0 Å². The van der Waals surface area contributed by atoms with Crippen LogP contribution in [0.25, 0.3) is 33.4 Å². The number of carbonyl (C=O) groups excluding carboxylic acids is 1. The summed E-state index contributed by atoms with van der Waals surface area (Å²) in [7, 11) is 0. The number of aliphatic hydroxyl groups is 1. The second-order valence-electron chi connectivity index (χ2n) is 8.84. The molecule has 0 bridgehead atoms. The molecule has 1 saturated heterocycles. The number of nitrogens with one attached hydrogen (secondary N) is 2. The molecule has 1 aliphatic rings. The molecule has 9 nitrogen and oxygen atoms in total. The molecule has 6 rings (SSSR count). The number of hydrogen-bond acceptors (Lipinski definition) is 6. The minimum absolute atomic E-state index is 0.153. The normalized spacial score (nSPS) is 14.5. The van der Waals surface area contributed by atoms with Gasteiger partial charge in [0.1, 0.15) is 18.2 Å². The van der Waals surface area contributed by atoms with Gasteiger partial charge < -0.3 is 19.9 Å². The molecular weight excluding hydrogens is 480 g/mol. The first kappa shape index (κ1) is 22.8. The average molecular weight is 501 g/mol. The minimum atomic E-state index is -2.86. The van der Waals surface area contributed by atoms with Gasteiger partial charge in [-0.25, -0.2) is 18.7 Å². The summed E-state index contributed by atoms with van der Waals surface area (Å²) in [5, 5.41) is 20.7. The standard InChI is InChI=1S/C26H21F2N7O2/c27-26(28)13-34(14-26)25(37)22-9-17-1-2-18(10-21(17)35(22)15-36)24-29-8-7-23(33-24)32-20-5-3-16(4-6-20)19-11-30-31-12-19/h1-12,36H,13-15H2,(H,30,31)(H,29,32,33). The summed E-state index contributed by atoms with van der Waals surface area (Å²) in [6.07, 6.45) is 5.22. The van der Waals surface area contributed by atoms with E-state index in [-0.39, 0.29) is 5.69 Å². The van der Waals surface area contributed by atoms with E-state index in [1.165, 1.54) is 4.57 Å². The number of benzene rings is 2. The number of fused-ring (bicyclic) bond motifs is 1. The van der Waals surface area contributed by atoms with Crippen LogP contribution in [0.1, 0.15) is 10.5 Å². The Morgan fingerprint density at radius 3 is 2.54 bits per heavy atom. The molecule has 2 aromatic carbocycles. The largest absolute Gasteiger partial charge is 0.376 e. The van der Waals surface area contributed by atoms with E-state index in [4.69, 9.17) is 0 Å². The number of halogens is 2. The monoisotopic (exact) mass is 501 g/mol. The Bertz CT molecular complexity index is 1590. The molecule has 0 radical (unpaired) electrons. The van der Waals surface area contributed by atoms with Gasteiger partial charge in [0.25, 0.3) is 11.8 Å². The van der Waals surface area contributed by atoms with Crippen molar-refractivity contribution in [3.05, 3.63) is 78.9 Å². The fourth-order valence-corrected chi connectivity index (χ4v) is 4.41. The zero-order valence-electron chi connectivity index (χ0n) is 19.4. The highest BCUT2D eigenvalue weighted by Crippen LogP contribution is 2.31. The second kappa shape index (κ2) is 8.79. The van der Waals surface area contributed by atoms with Crippen LogP contribution >= 0.6 is 0 Å². The smallest absolute Gasteiger partial charge is 0.282 e. The van der Waals surface area contributed by atoms with E-state index in [2.05, 4.69) is 25.5 Å². The molecule has 0 spiro atoms. The summed E-state index contributed by atoms with van der Waals surface area (Å²) >= 11 is 0. The van der Waals surface area contributed by atoms with Crippen LogP contribution < -0.4 is 5.32 Å². The third kappa shape index (κ3) is 4.29. The Labute approximate surface area is 209 Å². The number of amides is 1. The first-order valence-electron chi connectivity index (χ1n) is 11.5. The first-order chi connectivity index (χ1) is 17.9. The number of nitrogens with zero attached hydrogens (tertiary/aromatic N) is 5. The third-order valence-corrected chi connectivity index (χ3v) is 6.30. The molecule has 0 atom stereocenters. The number of hydrogen-bond donors (Lipinski definition) is 3. The van der Waals surface area contributed by atoms with Gasteiger partial charge >= 0.3 is 0 Å². The highest BCUT2D eigenvalue weighted by Gasteiger charge is 2.47. The summed E-state index contributed by atoms with van der Waals surface area (Å²) in [6.45, 7) is -1.72. The Morgan fingerprint density at radius 1 is 1.05 bits per heavy atom. The van der Waals surface area contributed by atoms with Crippen LogP contribution in [0.5, 0.6) is 0 Å². The second-order valence-corrected chi connectivity index (χ2v) is 8.84. The fourth-order valence-electron chi connectivity index (χ4n) is 4.41. The van der Waals surface area contributed by atoms with Gasteiger partial charge in [0.2, 0.25) is 0 Å². The van der Waals surface area contributed by atoms with Crippen molar-refractivity contribution < 1.29 is 18.7 Å². The van der Waals surface area contributed by atoms with E-state index in [9.17, 15) is 18.7 Å². The molecule has 5 aromatic rings. The topological polar surface area (TPSA) is 112 Å². The summed E-state index contributed by atoms with van der Waals surface area (Å²) in [4.78, 5) is 22.8. The number of H-pyrrole nitrogens is 1. The summed E-state index contributed by atoms with van der Waals surface area (Å²) in [5.74, 6) is -2.37. The van der Waals surface area contributed by atoms with Crippen LogP contribution in [0, 0.1) is 0 Å². The Morgan fingerprint density at radius 2 is 1.84 bits per heavy atom. The van der Waals surface area contributed by atoms with Crippen molar-refractivity contribution in [2.75, 3.05) is 18.4 Å². The number of aromatic amines is 1. The van der Waals surface area contributed by atoms with Gasteiger partial charge in [0.05, 0.1) is 24.8 Å². The number of aromatic nitrogens is 5. The number of carbonyl (C=O) groups is 1. The maximum absolute atomic E-state index is 13.3. The Kier molecular flexibility index (Phi) is 5.41. The van der Waals surface area contributed by atoms with Gasteiger partial charge in [0.15, 0.2) is 5.82 Å². The average Bonchev–Trinajstić information content (AvgIpc) is 3.55. The van der Waals surface area contributed by atoms with Crippen molar-refractivity contribution in [3.8, 4) is 22.5 Å². The van der Waals surface area contributed by atoms with E-state index in [0.29, 0.717) is 28.1 Å². The van der Waals surface area contributed by atoms with E-state index >= 15 is 0 Å². The van der Waals surface area contributed by atoms with Crippen LogP contribution in [0.15, 0.2) is 73.2 Å². The van der Waals surface area contributed by atoms with E-state index in [1.54, 1.807) is 36.7 Å². The number of likely N-dealkylation sites (tertiary alicyclic amines) is 1. The van der Waals surface area contributed by atoms with E-state index < -0.39 is 31.7 Å². The maximum atomic E-state index is 13.3. The SMILES string of the molecule is O=C(c1cc2ccc(-c3nccc(Nc4ccc(-c5cn[nH]c5)cc4)n3)cc2n1CO)N1CC(F)(F)C1. The van der Waals surface area contributed by atoms with Gasteiger partial charge in [-0.15, -0.1) is 0 Å². The highest BCUT2D eigenvalue weighted by atomic mass is 19.3. The molecule has 4 heterocycles. The van der Waals surface area contributed by atoms with Crippen LogP contribution in [0.2, 0.25) is 0 Å². The van der Waals surface area contributed by atoms with Crippen LogP contribution in [-0.4, -0.2) is 59.7 Å². The van der Waals surface area contributed by atoms with Crippen molar-refractivity contribution in [2.45, 2.75) is 12.7 Å². The molecule has 186 valence electrons. The van der Waals surface area contributed by atoms with Gasteiger partial charge in [-0.3, -0.25) is 9.89 Å². The number of anilines is 2. The lowest BCUT2D eigenvalue weighted by molar-refractivity contribution is -0.113. The number of aliphatic hydroxyl groups excluding tert-OH is 1. The fraction of sp³-hybridized carbons (Fsp3) is 0.154. The zero-order chi connectivity index (χ0) is 25.6. The predicted molar refractivity (Wildman–Crippen MR) is 133 cm³/mol. The van der Waals surface area contributed by atoms with Crippen LogP contribution in [0.4, 0.5) is 20.3 Å². The minimum Gasteiger partial charge on any atom is -0.376 e. The molecule has 0 unspecified atom stereocenters. The molecule has 1 fully saturated rings. The van der Waals surface area contributed by atoms with E-state index in [0.717, 1.165) is 21.7 Å². The maximum Gasteiger partial charge on any atom is 0.282 e. The quantitative estimate of drug-likeness (QED) is 0.320. The number of rotatable bonds is 6. The Hall–Kier alpha value is -4.64. The number of alkyl halides is 2. The van der Waals surface area contributed by atoms with Gasteiger partial charge in [-0.1, -0.05) is 24.3 Å². The zero-order valence-corrected chi connectivity index (χ0v) is 19.4. The predicted octanol–water partition coefficient (Wildman–Crippen LogP) is 4.27. The summed E-state index contributed by atoms with van der Waals surface area (Å²) < 4.78 is 27.9. The molecule has 1 amide bonds. The van der Waals surface area contributed by atoms with Crippen molar-refractivity contribution >= 4 is 28.3 Å². The molecular formula is C26H21F2N7O2. The van der Waals surface area contributed by atoms with Gasteiger partial charge in [-0.05, 0) is 35.9 Å². The molecule has 1 aliphatic heterocycles. The third-order valence-electron chi connectivity index (χ3n) is 6.30. The van der Waals surface area contributed by atoms with E-state index in [1.807, 2.05) is 36.5 Å². The highest BCUT2D eigenvalue weighted by molar-refractivity contribution is 6.00. The van der Waals surface area contributed by atoms with Crippen LogP contribution in [0.3, 0.4) is 0 Å². The lowest BCUT2D eigenvalue weighted by Crippen LogP contribution is -2.58. The summed E-state index contributed by atoms with van der Waals surface area (Å²) in [5.41, 5.74) is 4.28. The lowest BCUT2D eigenvalue weighted by atomic mass is 10.1. The molecule has 0 aliphatic carbocycles.